The van der Waals surface area contributed by atoms with E-state index in [1.165, 1.54) is 12.1 Å². The van der Waals surface area contributed by atoms with Crippen LogP contribution in [0.4, 0.5) is 5.69 Å². The maximum Gasteiger partial charge on any atom is 0.238 e. The van der Waals surface area contributed by atoms with Gasteiger partial charge in [-0.1, -0.05) is 0 Å². The fraction of sp³-hybridized carbons (Fsp3) is 0.538. The van der Waals surface area contributed by atoms with Crippen molar-refractivity contribution >= 4 is 15.7 Å². The standard InChI is InChI=1S/C13H22N2O3S/c1-11(2)18-10-4-3-9-15-12-5-7-13(8-6-12)19(14,16)17/h5-8,11,15H,3-4,9-10H2,1-2H3,(H2,14,16,17). The van der Waals surface area contributed by atoms with Gasteiger partial charge in [0, 0.05) is 18.8 Å². The van der Waals surface area contributed by atoms with E-state index in [0.717, 1.165) is 31.7 Å². The van der Waals surface area contributed by atoms with Crippen LogP contribution in [0.25, 0.3) is 0 Å². The lowest BCUT2D eigenvalue weighted by atomic mass is 10.3. The number of nitrogens with one attached hydrogen (secondary N) is 1. The van der Waals surface area contributed by atoms with Crippen LogP contribution in [0.2, 0.25) is 0 Å². The first-order valence-electron chi connectivity index (χ1n) is 6.38. The average Bonchev–Trinajstić information content (AvgIpc) is 2.32. The molecule has 0 unspecified atom stereocenters. The summed E-state index contributed by atoms with van der Waals surface area (Å²) >= 11 is 0. The minimum Gasteiger partial charge on any atom is -0.385 e. The molecule has 0 bridgehead atoms. The Bertz CT molecular complexity index is 469. The lowest BCUT2D eigenvalue weighted by Crippen LogP contribution is -2.12. The number of unbranched alkanes of at least 4 members (excludes halogenated alkanes) is 1. The summed E-state index contributed by atoms with van der Waals surface area (Å²) in [4.78, 5) is 0.128. The first-order valence-corrected chi connectivity index (χ1v) is 7.92. The van der Waals surface area contributed by atoms with Crippen LogP contribution in [0.15, 0.2) is 29.2 Å². The number of anilines is 1. The van der Waals surface area contributed by atoms with Gasteiger partial charge in [-0.3, -0.25) is 0 Å². The molecule has 0 amide bonds. The van der Waals surface area contributed by atoms with Crippen molar-refractivity contribution in [2.45, 2.75) is 37.7 Å². The summed E-state index contributed by atoms with van der Waals surface area (Å²) in [6, 6.07) is 6.42. The van der Waals surface area contributed by atoms with Crippen molar-refractivity contribution in [1.82, 2.24) is 0 Å². The third kappa shape index (κ3) is 6.56. The maximum atomic E-state index is 11.1. The van der Waals surface area contributed by atoms with Crippen LogP contribution in [-0.4, -0.2) is 27.7 Å². The second-order valence-corrected chi connectivity index (χ2v) is 6.18. The first-order chi connectivity index (χ1) is 8.89. The second kappa shape index (κ2) is 7.47. The van der Waals surface area contributed by atoms with E-state index in [-0.39, 0.29) is 11.0 Å². The highest BCUT2D eigenvalue weighted by Gasteiger charge is 2.06. The number of ether oxygens (including phenoxy) is 1. The SMILES string of the molecule is CC(C)OCCCCNc1ccc(S(N)(=O)=O)cc1. The Kier molecular flexibility index (Phi) is 6.27. The number of rotatable bonds is 8. The van der Waals surface area contributed by atoms with Crippen LogP contribution in [0.1, 0.15) is 26.7 Å². The fourth-order valence-electron chi connectivity index (χ4n) is 1.54. The molecule has 0 aliphatic rings. The molecule has 0 saturated heterocycles. The van der Waals surface area contributed by atoms with Gasteiger partial charge in [-0.05, 0) is 51.0 Å². The number of sulfonamides is 1. The molecule has 1 aromatic rings. The van der Waals surface area contributed by atoms with Gasteiger partial charge in [-0.25, -0.2) is 13.6 Å². The van der Waals surface area contributed by atoms with Gasteiger partial charge in [0.1, 0.15) is 0 Å². The summed E-state index contributed by atoms with van der Waals surface area (Å²) < 4.78 is 27.6. The summed E-state index contributed by atoms with van der Waals surface area (Å²) in [7, 11) is -3.60. The molecule has 0 fully saturated rings. The topological polar surface area (TPSA) is 81.4 Å². The largest absolute Gasteiger partial charge is 0.385 e. The Morgan fingerprint density at radius 3 is 2.37 bits per heavy atom. The molecule has 6 heteroatoms. The Morgan fingerprint density at radius 2 is 1.84 bits per heavy atom. The third-order valence-corrected chi connectivity index (χ3v) is 3.46. The predicted octanol–water partition coefficient (Wildman–Crippen LogP) is 1.95. The number of benzene rings is 1. The zero-order valence-electron chi connectivity index (χ0n) is 11.4. The van der Waals surface area contributed by atoms with Gasteiger partial charge in [0.15, 0.2) is 0 Å². The maximum absolute atomic E-state index is 11.1. The van der Waals surface area contributed by atoms with Gasteiger partial charge in [0.2, 0.25) is 10.0 Å². The molecule has 0 spiro atoms. The third-order valence-electron chi connectivity index (χ3n) is 2.53. The van der Waals surface area contributed by atoms with Gasteiger partial charge in [-0.15, -0.1) is 0 Å². The molecule has 3 N–H and O–H groups in total. The van der Waals surface area contributed by atoms with Crippen molar-refractivity contribution < 1.29 is 13.2 Å². The summed E-state index contributed by atoms with van der Waals surface area (Å²) in [5.41, 5.74) is 0.886. The lowest BCUT2D eigenvalue weighted by Gasteiger charge is -2.09. The zero-order valence-corrected chi connectivity index (χ0v) is 12.2. The molecule has 1 rings (SSSR count). The Balaban J connectivity index is 2.27. The Labute approximate surface area is 115 Å². The zero-order chi connectivity index (χ0) is 14.3. The minimum atomic E-state index is -3.60. The van der Waals surface area contributed by atoms with E-state index in [1.54, 1.807) is 12.1 Å². The van der Waals surface area contributed by atoms with Crippen LogP contribution < -0.4 is 10.5 Å². The molecule has 0 aliphatic heterocycles. The van der Waals surface area contributed by atoms with Crippen molar-refractivity contribution in [2.24, 2.45) is 5.14 Å². The van der Waals surface area contributed by atoms with Gasteiger partial charge in [0.25, 0.3) is 0 Å². The van der Waals surface area contributed by atoms with Crippen LogP contribution in [0.5, 0.6) is 0 Å². The summed E-state index contributed by atoms with van der Waals surface area (Å²) in [5, 5.41) is 8.24. The van der Waals surface area contributed by atoms with Gasteiger partial charge in [0.05, 0.1) is 11.0 Å². The molecule has 1 aromatic carbocycles. The quantitative estimate of drug-likeness (QED) is 0.716. The van der Waals surface area contributed by atoms with E-state index in [2.05, 4.69) is 5.32 Å². The molecule has 0 aliphatic carbocycles. The molecule has 0 radical (unpaired) electrons. The van der Waals surface area contributed by atoms with Crippen molar-refractivity contribution in [3.8, 4) is 0 Å². The normalized spacial score (nSPS) is 11.8. The van der Waals surface area contributed by atoms with Crippen molar-refractivity contribution in [2.75, 3.05) is 18.5 Å². The van der Waals surface area contributed by atoms with Gasteiger partial charge >= 0.3 is 0 Å². The van der Waals surface area contributed by atoms with Gasteiger partial charge in [-0.2, -0.15) is 0 Å². The minimum absolute atomic E-state index is 0.128. The number of nitrogens with two attached hydrogens (primary N) is 1. The molecular formula is C13H22N2O3S. The number of hydrogen-bond acceptors (Lipinski definition) is 4. The summed E-state index contributed by atoms with van der Waals surface area (Å²) in [6.07, 6.45) is 2.28. The number of primary sulfonamides is 1. The van der Waals surface area contributed by atoms with E-state index in [4.69, 9.17) is 9.88 Å². The monoisotopic (exact) mass is 286 g/mol. The van der Waals surface area contributed by atoms with Crippen molar-refractivity contribution in [3.63, 3.8) is 0 Å². The van der Waals surface area contributed by atoms with Crippen LogP contribution in [-0.2, 0) is 14.8 Å². The van der Waals surface area contributed by atoms with Gasteiger partial charge < -0.3 is 10.1 Å². The van der Waals surface area contributed by atoms with Crippen LogP contribution in [0, 0.1) is 0 Å². The smallest absolute Gasteiger partial charge is 0.238 e. The average molecular weight is 286 g/mol. The molecule has 19 heavy (non-hydrogen) atoms. The molecular weight excluding hydrogens is 264 g/mol. The highest BCUT2D eigenvalue weighted by molar-refractivity contribution is 7.89. The van der Waals surface area contributed by atoms with E-state index in [1.807, 2.05) is 13.8 Å². The first kappa shape index (κ1) is 15.9. The van der Waals surface area contributed by atoms with Crippen LogP contribution in [0.3, 0.4) is 0 Å². The highest BCUT2D eigenvalue weighted by atomic mass is 32.2. The molecule has 108 valence electrons. The van der Waals surface area contributed by atoms with Crippen molar-refractivity contribution in [1.29, 1.82) is 0 Å². The lowest BCUT2D eigenvalue weighted by molar-refractivity contribution is 0.0765. The van der Waals surface area contributed by atoms with E-state index >= 15 is 0 Å². The molecule has 0 atom stereocenters. The summed E-state index contributed by atoms with van der Waals surface area (Å²) in [5.74, 6) is 0. The number of hydrogen-bond donors (Lipinski definition) is 2. The molecule has 0 aromatic heterocycles. The Hall–Kier alpha value is -1.11. The molecule has 5 nitrogen and oxygen atoms in total. The second-order valence-electron chi connectivity index (χ2n) is 4.62. The summed E-state index contributed by atoms with van der Waals surface area (Å²) in [6.45, 7) is 5.64. The highest BCUT2D eigenvalue weighted by Crippen LogP contribution is 2.12. The fourth-order valence-corrected chi connectivity index (χ4v) is 2.06. The predicted molar refractivity (Wildman–Crippen MR) is 76.6 cm³/mol. The molecule has 0 heterocycles. The van der Waals surface area contributed by atoms with E-state index in [0.29, 0.717) is 0 Å². The molecule has 0 saturated carbocycles. The van der Waals surface area contributed by atoms with E-state index in [9.17, 15) is 8.42 Å². The Morgan fingerprint density at radius 1 is 1.21 bits per heavy atom. The van der Waals surface area contributed by atoms with E-state index < -0.39 is 10.0 Å². The van der Waals surface area contributed by atoms with Crippen molar-refractivity contribution in [3.05, 3.63) is 24.3 Å². The van der Waals surface area contributed by atoms with Crippen LogP contribution >= 0.6 is 0 Å².